The summed E-state index contributed by atoms with van der Waals surface area (Å²) in [6.07, 6.45) is 0. The lowest BCUT2D eigenvalue weighted by atomic mass is 10.3. The van der Waals surface area contributed by atoms with Gasteiger partial charge in [0.05, 0.1) is 11.1 Å². The number of halogens is 1. The quantitative estimate of drug-likeness (QED) is 0.757. The molecule has 0 fully saturated rings. The fraction of sp³-hybridized carbons (Fsp3) is 0. The van der Waals surface area contributed by atoms with E-state index in [9.17, 15) is 9.50 Å². The van der Waals surface area contributed by atoms with Crippen LogP contribution in [0, 0.1) is 9.77 Å². The smallest absolute Gasteiger partial charge is 0.207 e. The molecule has 0 spiro atoms. The highest BCUT2D eigenvalue weighted by atomic mass is 32.1. The van der Waals surface area contributed by atoms with Crippen molar-refractivity contribution in [2.45, 2.75) is 0 Å². The molecule has 72 valence electrons. The first-order valence-corrected chi connectivity index (χ1v) is 5.13. The zero-order valence-electron chi connectivity index (χ0n) is 6.98. The van der Waals surface area contributed by atoms with Gasteiger partial charge in [-0.25, -0.2) is 4.39 Å². The van der Waals surface area contributed by atoms with Gasteiger partial charge in [-0.2, -0.15) is 0 Å². The van der Waals surface area contributed by atoms with Gasteiger partial charge in [-0.1, -0.05) is 0 Å². The normalized spacial score (nSPS) is 10.4. The number of aromatic hydroxyl groups is 1. The molecule has 0 amide bonds. The Morgan fingerprint density at radius 3 is 2.43 bits per heavy atom. The van der Waals surface area contributed by atoms with E-state index < -0.39 is 0 Å². The van der Waals surface area contributed by atoms with Crippen molar-refractivity contribution in [2.75, 3.05) is 0 Å². The van der Waals surface area contributed by atoms with Crippen LogP contribution >= 0.6 is 23.6 Å². The molecule has 0 bridgehead atoms. The number of hydrogen-bond donors (Lipinski definition) is 1. The highest BCUT2D eigenvalue weighted by molar-refractivity contribution is 7.73. The Morgan fingerprint density at radius 2 is 1.93 bits per heavy atom. The zero-order valence-corrected chi connectivity index (χ0v) is 8.61. The van der Waals surface area contributed by atoms with Crippen LogP contribution in [-0.2, 0) is 0 Å². The second kappa shape index (κ2) is 3.51. The summed E-state index contributed by atoms with van der Waals surface area (Å²) in [7, 11) is 0. The Kier molecular flexibility index (Phi) is 2.35. The van der Waals surface area contributed by atoms with E-state index in [1.54, 1.807) is 17.5 Å². The summed E-state index contributed by atoms with van der Waals surface area (Å²) in [4.78, 5) is 0. The molecule has 1 N–H and O–H groups in total. The molecule has 0 saturated heterocycles. The van der Waals surface area contributed by atoms with Gasteiger partial charge in [0.25, 0.3) is 0 Å². The summed E-state index contributed by atoms with van der Waals surface area (Å²) in [6.45, 7) is 0. The first kappa shape index (κ1) is 9.36. The molecule has 1 heterocycles. The number of aromatic nitrogens is 1. The summed E-state index contributed by atoms with van der Waals surface area (Å²) >= 11 is 6.28. The Bertz CT molecular complexity index is 500. The van der Waals surface area contributed by atoms with Gasteiger partial charge in [-0.05, 0) is 36.5 Å². The van der Waals surface area contributed by atoms with Crippen molar-refractivity contribution in [1.82, 2.24) is 4.57 Å². The Labute approximate surface area is 88.9 Å². The average molecular weight is 227 g/mol. The van der Waals surface area contributed by atoms with Gasteiger partial charge < -0.3 is 5.11 Å². The lowest BCUT2D eigenvalue weighted by molar-refractivity contribution is 0.442. The van der Waals surface area contributed by atoms with Crippen LogP contribution in [0.2, 0.25) is 0 Å². The minimum absolute atomic E-state index is 0.0756. The molecule has 0 aliphatic heterocycles. The van der Waals surface area contributed by atoms with Crippen molar-refractivity contribution in [3.8, 4) is 11.6 Å². The van der Waals surface area contributed by atoms with Gasteiger partial charge in [0.2, 0.25) is 5.88 Å². The van der Waals surface area contributed by atoms with Crippen LogP contribution in [0.3, 0.4) is 0 Å². The van der Waals surface area contributed by atoms with E-state index in [1.165, 1.54) is 28.0 Å². The van der Waals surface area contributed by atoms with Crippen molar-refractivity contribution in [3.63, 3.8) is 0 Å². The van der Waals surface area contributed by atoms with Crippen molar-refractivity contribution in [2.24, 2.45) is 0 Å². The van der Waals surface area contributed by atoms with E-state index >= 15 is 0 Å². The van der Waals surface area contributed by atoms with E-state index in [4.69, 9.17) is 12.2 Å². The Hall–Kier alpha value is -1.20. The van der Waals surface area contributed by atoms with Gasteiger partial charge in [-0.3, -0.25) is 4.57 Å². The third kappa shape index (κ3) is 1.56. The number of hydrogen-bond acceptors (Lipinski definition) is 3. The molecule has 2 rings (SSSR count). The molecule has 0 radical (unpaired) electrons. The van der Waals surface area contributed by atoms with Crippen LogP contribution in [0.4, 0.5) is 4.39 Å². The molecule has 0 saturated carbocycles. The van der Waals surface area contributed by atoms with Crippen molar-refractivity contribution in [3.05, 3.63) is 39.4 Å². The molecule has 0 aliphatic rings. The highest BCUT2D eigenvalue weighted by Crippen LogP contribution is 2.22. The maximum atomic E-state index is 12.6. The molecule has 14 heavy (non-hydrogen) atoms. The maximum absolute atomic E-state index is 12.6. The first-order valence-electron chi connectivity index (χ1n) is 3.84. The summed E-state index contributed by atoms with van der Waals surface area (Å²) in [5, 5.41) is 11.0. The first-order chi connectivity index (χ1) is 6.68. The molecule has 1 aromatic heterocycles. The van der Waals surface area contributed by atoms with E-state index in [1.807, 2.05) is 0 Å². The second-order valence-corrected chi connectivity index (χ2v) is 4.17. The molecule has 0 atom stereocenters. The second-order valence-electron chi connectivity index (χ2n) is 2.67. The van der Waals surface area contributed by atoms with Crippen molar-refractivity contribution < 1.29 is 9.50 Å². The van der Waals surface area contributed by atoms with Gasteiger partial charge >= 0.3 is 0 Å². The maximum Gasteiger partial charge on any atom is 0.207 e. The number of thiazole rings is 1. The van der Waals surface area contributed by atoms with Crippen LogP contribution in [0.5, 0.6) is 5.88 Å². The monoisotopic (exact) mass is 227 g/mol. The van der Waals surface area contributed by atoms with Gasteiger partial charge in [-0.15, -0.1) is 11.3 Å². The predicted octanol–water partition coefficient (Wildman–Crippen LogP) is 3.11. The fourth-order valence-corrected chi connectivity index (χ4v) is 2.09. The lowest BCUT2D eigenvalue weighted by Gasteiger charge is -2.03. The van der Waals surface area contributed by atoms with Gasteiger partial charge in [0.15, 0.2) is 3.95 Å². The van der Waals surface area contributed by atoms with Crippen LogP contribution < -0.4 is 0 Å². The van der Waals surface area contributed by atoms with Crippen LogP contribution in [0.1, 0.15) is 0 Å². The predicted molar refractivity (Wildman–Crippen MR) is 56.1 cm³/mol. The highest BCUT2D eigenvalue weighted by Gasteiger charge is 2.04. The summed E-state index contributed by atoms with van der Waals surface area (Å²) < 4.78 is 14.7. The molecule has 1 aromatic carbocycles. The van der Waals surface area contributed by atoms with Crippen LogP contribution in [0.25, 0.3) is 5.69 Å². The molecule has 5 heteroatoms. The number of benzene rings is 1. The van der Waals surface area contributed by atoms with Crippen LogP contribution in [0.15, 0.2) is 29.6 Å². The molecular weight excluding hydrogens is 221 g/mol. The number of rotatable bonds is 1. The topological polar surface area (TPSA) is 25.2 Å². The summed E-state index contributed by atoms with van der Waals surface area (Å²) in [6, 6.07) is 5.79. The summed E-state index contributed by atoms with van der Waals surface area (Å²) in [5.41, 5.74) is 0.662. The average Bonchev–Trinajstić information content (AvgIpc) is 2.49. The lowest BCUT2D eigenvalue weighted by Crippen LogP contribution is -1.92. The SMILES string of the molecule is Oc1csc(=S)n1-c1ccc(F)cc1. The van der Waals surface area contributed by atoms with E-state index in [2.05, 4.69) is 0 Å². The third-order valence-corrected chi connectivity index (χ3v) is 2.95. The molecule has 2 nitrogen and oxygen atoms in total. The van der Waals surface area contributed by atoms with E-state index in [-0.39, 0.29) is 11.7 Å². The van der Waals surface area contributed by atoms with Crippen molar-refractivity contribution in [1.29, 1.82) is 0 Å². The van der Waals surface area contributed by atoms with Gasteiger partial charge in [0, 0.05) is 0 Å². The van der Waals surface area contributed by atoms with Gasteiger partial charge in [0.1, 0.15) is 5.82 Å². The third-order valence-electron chi connectivity index (χ3n) is 1.76. The van der Waals surface area contributed by atoms with Crippen molar-refractivity contribution >= 4 is 23.6 Å². The molecular formula is C9H6FNOS2. The molecule has 2 aromatic rings. The molecule has 0 aliphatic carbocycles. The van der Waals surface area contributed by atoms with E-state index in [0.717, 1.165) is 0 Å². The Balaban J connectivity index is 2.60. The Morgan fingerprint density at radius 1 is 1.29 bits per heavy atom. The zero-order chi connectivity index (χ0) is 10.1. The number of nitrogens with zero attached hydrogens (tertiary/aromatic N) is 1. The minimum Gasteiger partial charge on any atom is -0.494 e. The summed E-state index contributed by atoms with van der Waals surface area (Å²) in [5.74, 6) is -0.235. The van der Waals surface area contributed by atoms with Crippen LogP contribution in [-0.4, -0.2) is 9.67 Å². The van der Waals surface area contributed by atoms with E-state index in [0.29, 0.717) is 9.64 Å². The fourth-order valence-electron chi connectivity index (χ4n) is 1.13. The minimum atomic E-state index is -0.310. The molecule has 0 unspecified atom stereocenters. The largest absolute Gasteiger partial charge is 0.494 e. The standard InChI is InChI=1S/C9H6FNOS2/c10-6-1-3-7(4-2-6)11-8(12)5-14-9(11)13/h1-5,12H.